The monoisotopic (exact) mass is 370 g/mol. The van der Waals surface area contributed by atoms with Gasteiger partial charge in [0.2, 0.25) is 5.91 Å². The summed E-state index contributed by atoms with van der Waals surface area (Å²) in [5.41, 5.74) is 1.88. The predicted octanol–water partition coefficient (Wildman–Crippen LogP) is 2.43. The highest BCUT2D eigenvalue weighted by atomic mass is 32.1. The van der Waals surface area contributed by atoms with Crippen LogP contribution in [0.3, 0.4) is 0 Å². The summed E-state index contributed by atoms with van der Waals surface area (Å²) in [6.45, 7) is 0.485. The molecule has 0 saturated carbocycles. The first-order chi connectivity index (χ1) is 12.7. The quantitative estimate of drug-likeness (QED) is 0.617. The fourth-order valence-corrected chi connectivity index (χ4v) is 3.58. The number of carbonyl (C=O) groups excluding carboxylic acids is 1. The number of hydrogen-bond donors (Lipinski definition) is 3. The molecule has 8 heteroatoms. The van der Waals surface area contributed by atoms with Gasteiger partial charge in [0, 0.05) is 18.7 Å². The minimum Gasteiger partial charge on any atom is -0.491 e. The number of benzene rings is 1. The zero-order valence-corrected chi connectivity index (χ0v) is 14.8. The molecule has 134 valence electrons. The van der Waals surface area contributed by atoms with Crippen molar-refractivity contribution >= 4 is 39.0 Å². The number of carbonyl (C=O) groups is 1. The van der Waals surface area contributed by atoms with E-state index >= 15 is 0 Å². The molecule has 1 aromatic carbocycles. The molecule has 7 nitrogen and oxygen atoms in total. The second kappa shape index (κ2) is 7.27. The Morgan fingerprint density at radius 1 is 1.31 bits per heavy atom. The normalized spacial score (nSPS) is 14.6. The van der Waals surface area contributed by atoms with Crippen LogP contribution in [0.25, 0.3) is 10.2 Å². The highest BCUT2D eigenvalue weighted by Gasteiger charge is 2.15. The van der Waals surface area contributed by atoms with Crippen molar-refractivity contribution in [2.75, 3.05) is 23.8 Å². The Hall–Kier alpha value is -2.71. The van der Waals surface area contributed by atoms with Crippen molar-refractivity contribution in [2.45, 2.75) is 18.9 Å². The summed E-state index contributed by atoms with van der Waals surface area (Å²) in [6.07, 6.45) is 2.01. The molecular weight excluding hydrogens is 352 g/mol. The van der Waals surface area contributed by atoms with Gasteiger partial charge >= 0.3 is 0 Å². The predicted molar refractivity (Wildman–Crippen MR) is 101 cm³/mol. The summed E-state index contributed by atoms with van der Waals surface area (Å²) in [4.78, 5) is 20.7. The highest BCUT2D eigenvalue weighted by molar-refractivity contribution is 7.16. The minimum absolute atomic E-state index is 0.0390. The fourth-order valence-electron chi connectivity index (χ4n) is 2.85. The average Bonchev–Trinajstić information content (AvgIpc) is 3.14. The zero-order valence-electron chi connectivity index (χ0n) is 13.9. The first-order valence-corrected chi connectivity index (χ1v) is 9.23. The van der Waals surface area contributed by atoms with E-state index in [1.165, 1.54) is 6.33 Å². The molecule has 0 bridgehead atoms. The van der Waals surface area contributed by atoms with Crippen LogP contribution in [-0.2, 0) is 11.2 Å². The number of nitrogens with zero attached hydrogens (tertiary/aromatic N) is 2. The van der Waals surface area contributed by atoms with Gasteiger partial charge in [0.25, 0.3) is 0 Å². The first kappa shape index (κ1) is 16.7. The van der Waals surface area contributed by atoms with E-state index in [1.54, 1.807) is 17.4 Å². The molecule has 4 rings (SSSR count). The van der Waals surface area contributed by atoms with Crippen LogP contribution < -0.4 is 15.4 Å². The van der Waals surface area contributed by atoms with Gasteiger partial charge in [-0.05, 0) is 41.6 Å². The number of aliphatic hydroxyl groups excluding tert-OH is 1. The van der Waals surface area contributed by atoms with Gasteiger partial charge < -0.3 is 20.5 Å². The van der Waals surface area contributed by atoms with Gasteiger partial charge in [0.15, 0.2) is 0 Å². The van der Waals surface area contributed by atoms with Crippen molar-refractivity contribution < 1.29 is 14.6 Å². The molecule has 0 spiro atoms. The van der Waals surface area contributed by atoms with Crippen LogP contribution >= 0.6 is 11.3 Å². The SMILES string of the molecule is O=C1CCc2cc(OC[C@@H](O)CNc3ncnc4sccc34)ccc2N1. The molecule has 1 aliphatic rings. The zero-order chi connectivity index (χ0) is 17.9. The molecule has 1 atom stereocenters. The van der Waals surface area contributed by atoms with E-state index in [1.807, 2.05) is 23.6 Å². The Bertz CT molecular complexity index is 943. The number of aliphatic hydroxyl groups is 1. The Kier molecular flexibility index (Phi) is 4.68. The van der Waals surface area contributed by atoms with E-state index < -0.39 is 6.10 Å². The molecule has 2 aromatic heterocycles. The Morgan fingerprint density at radius 2 is 2.23 bits per heavy atom. The van der Waals surface area contributed by atoms with Gasteiger partial charge in [-0.3, -0.25) is 4.79 Å². The average molecular weight is 370 g/mol. The third-order valence-electron chi connectivity index (χ3n) is 4.18. The topological polar surface area (TPSA) is 96.4 Å². The molecule has 3 heterocycles. The number of fused-ring (bicyclic) bond motifs is 2. The number of thiophene rings is 1. The first-order valence-electron chi connectivity index (χ1n) is 8.35. The molecule has 1 amide bonds. The summed E-state index contributed by atoms with van der Waals surface area (Å²) in [5, 5.41) is 19.1. The minimum atomic E-state index is -0.686. The van der Waals surface area contributed by atoms with Gasteiger partial charge in [0.05, 0.1) is 5.39 Å². The van der Waals surface area contributed by atoms with Gasteiger partial charge in [-0.1, -0.05) is 0 Å². The summed E-state index contributed by atoms with van der Waals surface area (Å²) in [7, 11) is 0. The summed E-state index contributed by atoms with van der Waals surface area (Å²) < 4.78 is 5.69. The number of aryl methyl sites for hydroxylation is 1. The third-order valence-corrected chi connectivity index (χ3v) is 5.00. The number of nitrogens with one attached hydrogen (secondary N) is 2. The Labute approximate surface area is 154 Å². The van der Waals surface area contributed by atoms with E-state index in [-0.39, 0.29) is 12.5 Å². The van der Waals surface area contributed by atoms with Crippen LogP contribution in [0.15, 0.2) is 36.0 Å². The number of hydrogen-bond acceptors (Lipinski definition) is 7. The largest absolute Gasteiger partial charge is 0.491 e. The lowest BCUT2D eigenvalue weighted by atomic mass is 10.0. The van der Waals surface area contributed by atoms with Crippen molar-refractivity contribution in [1.29, 1.82) is 0 Å². The molecule has 0 unspecified atom stereocenters. The van der Waals surface area contributed by atoms with Gasteiger partial charge in [-0.2, -0.15) is 0 Å². The Morgan fingerprint density at radius 3 is 3.15 bits per heavy atom. The van der Waals surface area contributed by atoms with Gasteiger partial charge in [0.1, 0.15) is 35.4 Å². The lowest BCUT2D eigenvalue weighted by molar-refractivity contribution is -0.116. The number of rotatable bonds is 6. The molecule has 1 aliphatic heterocycles. The van der Waals surface area contributed by atoms with E-state index in [0.717, 1.165) is 21.5 Å². The highest BCUT2D eigenvalue weighted by Crippen LogP contribution is 2.27. The van der Waals surface area contributed by atoms with Crippen LogP contribution in [0, 0.1) is 0 Å². The number of amides is 1. The van der Waals surface area contributed by atoms with Crippen molar-refractivity contribution in [1.82, 2.24) is 9.97 Å². The van der Waals surface area contributed by atoms with E-state index in [9.17, 15) is 9.90 Å². The van der Waals surface area contributed by atoms with Gasteiger partial charge in [-0.15, -0.1) is 11.3 Å². The van der Waals surface area contributed by atoms with E-state index in [0.29, 0.717) is 31.0 Å². The molecule has 0 saturated heterocycles. The number of ether oxygens (including phenoxy) is 1. The van der Waals surface area contributed by atoms with Crippen LogP contribution in [0.5, 0.6) is 5.75 Å². The maximum Gasteiger partial charge on any atom is 0.224 e. The third kappa shape index (κ3) is 3.61. The van der Waals surface area contributed by atoms with Crippen LogP contribution in [-0.4, -0.2) is 40.2 Å². The van der Waals surface area contributed by atoms with Crippen LogP contribution in [0.4, 0.5) is 11.5 Å². The molecule has 0 aliphatic carbocycles. The van der Waals surface area contributed by atoms with E-state index in [4.69, 9.17) is 4.74 Å². The van der Waals surface area contributed by atoms with Gasteiger partial charge in [-0.25, -0.2) is 9.97 Å². The smallest absolute Gasteiger partial charge is 0.224 e. The van der Waals surface area contributed by atoms with Crippen molar-refractivity contribution in [3.63, 3.8) is 0 Å². The Balaban J connectivity index is 1.32. The number of aromatic nitrogens is 2. The maximum atomic E-state index is 11.4. The van der Waals surface area contributed by atoms with Crippen LogP contribution in [0.2, 0.25) is 0 Å². The molecule has 0 radical (unpaired) electrons. The summed E-state index contributed by atoms with van der Waals surface area (Å²) in [5.74, 6) is 1.43. The second-order valence-corrected chi connectivity index (χ2v) is 6.97. The fraction of sp³-hybridized carbons (Fsp3) is 0.278. The second-order valence-electron chi connectivity index (χ2n) is 6.07. The standard InChI is InChI=1S/C18H18N4O3S/c23-12(8-19-17-14-5-6-26-18(14)21-10-20-17)9-25-13-2-3-15-11(7-13)1-4-16(24)22-15/h2-3,5-7,10,12,23H,1,4,8-9H2,(H,22,24)(H,19,20,21)/t12-/m0/s1. The molecule has 3 N–H and O–H groups in total. The molecule has 26 heavy (non-hydrogen) atoms. The van der Waals surface area contributed by atoms with Crippen molar-refractivity contribution in [3.8, 4) is 5.75 Å². The van der Waals surface area contributed by atoms with Crippen LogP contribution in [0.1, 0.15) is 12.0 Å². The summed E-state index contributed by atoms with van der Waals surface area (Å²) >= 11 is 1.55. The number of anilines is 2. The summed E-state index contributed by atoms with van der Waals surface area (Å²) in [6, 6.07) is 7.50. The molecule has 0 fully saturated rings. The lowest BCUT2D eigenvalue weighted by Crippen LogP contribution is -2.26. The van der Waals surface area contributed by atoms with E-state index in [2.05, 4.69) is 20.6 Å². The van der Waals surface area contributed by atoms with Crippen molar-refractivity contribution in [3.05, 3.63) is 41.5 Å². The maximum absolute atomic E-state index is 11.4. The molecule has 3 aromatic rings. The van der Waals surface area contributed by atoms with Crippen molar-refractivity contribution in [2.24, 2.45) is 0 Å². The molecular formula is C18H18N4O3S. The lowest BCUT2D eigenvalue weighted by Gasteiger charge is -2.18.